The van der Waals surface area contributed by atoms with Gasteiger partial charge in [-0.2, -0.15) is 0 Å². The molecule has 5 heteroatoms. The Kier molecular flexibility index (Phi) is 4.21. The summed E-state index contributed by atoms with van der Waals surface area (Å²) in [4.78, 5) is 20.5. The normalized spacial score (nSPS) is 11.9. The van der Waals surface area contributed by atoms with Gasteiger partial charge in [0.2, 0.25) is 0 Å². The highest BCUT2D eigenvalue weighted by Crippen LogP contribution is 1.94. The Bertz CT molecular complexity index is 148. The van der Waals surface area contributed by atoms with Gasteiger partial charge in [0.1, 0.15) is 0 Å². The summed E-state index contributed by atoms with van der Waals surface area (Å²) in [6.07, 6.45) is 1.14. The number of nitrogens with zero attached hydrogens (tertiary/aromatic N) is 1. The maximum atomic E-state index is 10.7. The average Bonchev–Trinajstić information content (AvgIpc) is 2.02. The first kappa shape index (κ1) is 9.90. The predicted octanol–water partition coefficient (Wildman–Crippen LogP) is -0.304. The number of carbonyl (C=O) groups is 1. The Morgan fingerprint density at radius 2 is 2.36 bits per heavy atom. The third kappa shape index (κ3) is 2.99. The van der Waals surface area contributed by atoms with E-state index in [0.717, 1.165) is 6.41 Å². The molecule has 0 aliphatic carbocycles. The van der Waals surface area contributed by atoms with Crippen LogP contribution in [0.15, 0.2) is 0 Å². The van der Waals surface area contributed by atoms with Crippen LogP contribution in [0.5, 0.6) is 0 Å². The van der Waals surface area contributed by atoms with E-state index in [2.05, 4.69) is 4.74 Å². The lowest BCUT2D eigenvalue weighted by molar-refractivity contribution is -0.158. The molecule has 63 valence electrons. The molecular weight excluding hydrogens is 150 g/mol. The second-order valence-electron chi connectivity index (χ2n) is 1.86. The van der Waals surface area contributed by atoms with Gasteiger partial charge < -0.3 is 4.74 Å². The van der Waals surface area contributed by atoms with Crippen LogP contribution in [-0.4, -0.2) is 35.3 Å². The summed E-state index contributed by atoms with van der Waals surface area (Å²) in [6.45, 7) is 3.19. The van der Waals surface area contributed by atoms with Gasteiger partial charge in [-0.05, 0) is 13.8 Å². The van der Waals surface area contributed by atoms with Crippen LogP contribution in [0.1, 0.15) is 13.8 Å². The van der Waals surface area contributed by atoms with Crippen LogP contribution in [0, 0.1) is 0 Å². The van der Waals surface area contributed by atoms with Gasteiger partial charge in [-0.15, -0.1) is 0 Å². The molecule has 1 atom stereocenters. The topological polar surface area (TPSA) is 66.8 Å². The molecule has 11 heavy (non-hydrogen) atoms. The molecule has 0 aromatic rings. The summed E-state index contributed by atoms with van der Waals surface area (Å²) in [5.41, 5.74) is 0. The van der Waals surface area contributed by atoms with Gasteiger partial charge in [0.25, 0.3) is 0 Å². The fourth-order valence-corrected chi connectivity index (χ4v) is 0.442. The molecule has 0 spiro atoms. The number of carbonyl (C=O) groups excluding carboxylic acids is 2. The number of esters is 1. The molecule has 0 fully saturated rings. The molecule has 0 aliphatic heterocycles. The smallest absolute Gasteiger partial charge is 0.338 e. The second-order valence-corrected chi connectivity index (χ2v) is 1.86. The number of amides is 1. The van der Waals surface area contributed by atoms with Crippen LogP contribution >= 0.6 is 0 Å². The summed E-state index contributed by atoms with van der Waals surface area (Å²) in [5.74, 6) is -0.654. The standard InChI is InChI=1S/C6H10NO4/c1-3-11-6(9)5(2)7(10)4-8/h5,10H,3H2,1-2H3. The van der Waals surface area contributed by atoms with Crippen molar-refractivity contribution in [3.8, 4) is 0 Å². The minimum absolute atomic E-state index is 0.137. The van der Waals surface area contributed by atoms with E-state index >= 15 is 0 Å². The number of rotatable bonds is 4. The van der Waals surface area contributed by atoms with Crippen molar-refractivity contribution in [1.82, 2.24) is 5.06 Å². The fraction of sp³-hybridized carbons (Fsp3) is 0.667. The molecule has 0 aliphatic rings. The highest BCUT2D eigenvalue weighted by Gasteiger charge is 2.19. The Hall–Kier alpha value is -1.10. The van der Waals surface area contributed by atoms with E-state index < -0.39 is 12.0 Å². The minimum Gasteiger partial charge on any atom is -0.464 e. The average molecular weight is 160 g/mol. The molecule has 1 unspecified atom stereocenters. The van der Waals surface area contributed by atoms with Crippen molar-refractivity contribution in [2.45, 2.75) is 19.9 Å². The molecule has 0 saturated heterocycles. The maximum Gasteiger partial charge on any atom is 0.338 e. The van der Waals surface area contributed by atoms with E-state index in [-0.39, 0.29) is 11.7 Å². The van der Waals surface area contributed by atoms with Gasteiger partial charge >= 0.3 is 12.4 Å². The number of ether oxygens (including phenoxy) is 1. The van der Waals surface area contributed by atoms with Gasteiger partial charge in [0.15, 0.2) is 6.04 Å². The molecule has 1 radical (unpaired) electrons. The third-order valence-electron chi connectivity index (χ3n) is 1.09. The summed E-state index contributed by atoms with van der Waals surface area (Å²) < 4.78 is 4.51. The van der Waals surface area contributed by atoms with Crippen LogP contribution < -0.4 is 0 Å². The molecule has 1 amide bonds. The molecule has 0 rings (SSSR count). The van der Waals surface area contributed by atoms with Crippen molar-refractivity contribution < 1.29 is 19.5 Å². The first-order chi connectivity index (χ1) is 5.13. The SMILES string of the molecule is CCOC(=O)C(C)N(O)[C]=O. The van der Waals surface area contributed by atoms with Crippen molar-refractivity contribution >= 4 is 12.4 Å². The first-order valence-electron chi connectivity index (χ1n) is 3.16. The van der Waals surface area contributed by atoms with Crippen LogP contribution in [0.2, 0.25) is 0 Å². The molecule has 0 bridgehead atoms. The van der Waals surface area contributed by atoms with E-state index in [1.54, 1.807) is 6.92 Å². The molecule has 0 saturated carbocycles. The lowest BCUT2D eigenvalue weighted by Crippen LogP contribution is -2.36. The summed E-state index contributed by atoms with van der Waals surface area (Å²) in [5, 5.41) is 8.77. The van der Waals surface area contributed by atoms with Gasteiger partial charge in [-0.25, -0.2) is 9.86 Å². The van der Waals surface area contributed by atoms with Crippen molar-refractivity contribution in [1.29, 1.82) is 0 Å². The Morgan fingerprint density at radius 3 is 2.73 bits per heavy atom. The maximum absolute atomic E-state index is 10.7. The van der Waals surface area contributed by atoms with E-state index in [1.807, 2.05) is 0 Å². The van der Waals surface area contributed by atoms with Crippen LogP contribution in [0.4, 0.5) is 0 Å². The molecule has 0 aromatic carbocycles. The molecule has 0 heterocycles. The first-order valence-corrected chi connectivity index (χ1v) is 3.16. The number of hydroxylamine groups is 2. The third-order valence-corrected chi connectivity index (χ3v) is 1.09. The molecule has 5 nitrogen and oxygen atoms in total. The molecular formula is C6H10NO4. The zero-order valence-corrected chi connectivity index (χ0v) is 6.40. The van der Waals surface area contributed by atoms with Crippen molar-refractivity contribution in [3.05, 3.63) is 0 Å². The highest BCUT2D eigenvalue weighted by atomic mass is 16.6. The second kappa shape index (κ2) is 4.68. The summed E-state index contributed by atoms with van der Waals surface area (Å²) in [7, 11) is 0. The Morgan fingerprint density at radius 1 is 1.82 bits per heavy atom. The molecule has 0 aromatic heterocycles. The van der Waals surface area contributed by atoms with Gasteiger partial charge in [-0.3, -0.25) is 10.0 Å². The molecule has 1 N–H and O–H groups in total. The van der Waals surface area contributed by atoms with Crippen LogP contribution in [-0.2, 0) is 14.3 Å². The number of hydrogen-bond donors (Lipinski definition) is 1. The zero-order valence-electron chi connectivity index (χ0n) is 6.40. The Balaban J connectivity index is 3.90. The number of hydrogen-bond acceptors (Lipinski definition) is 4. The van der Waals surface area contributed by atoms with E-state index in [4.69, 9.17) is 5.21 Å². The fourth-order valence-electron chi connectivity index (χ4n) is 0.442. The van der Waals surface area contributed by atoms with Gasteiger partial charge in [0, 0.05) is 0 Å². The van der Waals surface area contributed by atoms with Crippen molar-refractivity contribution in [2.75, 3.05) is 6.61 Å². The van der Waals surface area contributed by atoms with Crippen LogP contribution in [0.3, 0.4) is 0 Å². The lowest BCUT2D eigenvalue weighted by atomic mass is 10.3. The lowest BCUT2D eigenvalue weighted by Gasteiger charge is -2.14. The van der Waals surface area contributed by atoms with E-state index in [9.17, 15) is 9.59 Å². The van der Waals surface area contributed by atoms with Gasteiger partial charge in [0.05, 0.1) is 6.61 Å². The zero-order chi connectivity index (χ0) is 8.85. The monoisotopic (exact) mass is 160 g/mol. The van der Waals surface area contributed by atoms with Gasteiger partial charge in [-0.1, -0.05) is 0 Å². The van der Waals surface area contributed by atoms with Crippen LogP contribution in [0.25, 0.3) is 0 Å². The van der Waals surface area contributed by atoms with Crippen molar-refractivity contribution in [3.63, 3.8) is 0 Å². The Labute approximate surface area is 64.5 Å². The van der Waals surface area contributed by atoms with E-state index in [1.165, 1.54) is 6.92 Å². The van der Waals surface area contributed by atoms with Crippen molar-refractivity contribution in [2.24, 2.45) is 0 Å². The highest BCUT2D eigenvalue weighted by molar-refractivity contribution is 5.77. The quantitative estimate of drug-likeness (QED) is 0.265. The van der Waals surface area contributed by atoms with E-state index in [0.29, 0.717) is 0 Å². The summed E-state index contributed by atoms with van der Waals surface area (Å²) >= 11 is 0. The predicted molar refractivity (Wildman–Crippen MR) is 35.4 cm³/mol. The summed E-state index contributed by atoms with van der Waals surface area (Å²) in [6, 6.07) is -0.993. The minimum atomic E-state index is -0.993. The largest absolute Gasteiger partial charge is 0.464 e.